The molecule has 0 fully saturated rings. The minimum atomic E-state index is -4.40. The molecule has 2 N–H and O–H groups in total. The van der Waals surface area contributed by atoms with E-state index in [-0.39, 0.29) is 13.0 Å². The molecule has 0 saturated heterocycles. The molecule has 0 spiro atoms. The zero-order valence-electron chi connectivity index (χ0n) is 19.1. The number of halogens is 3. The van der Waals surface area contributed by atoms with Crippen LogP contribution in [0, 0.1) is 0 Å². The summed E-state index contributed by atoms with van der Waals surface area (Å²) in [6.07, 6.45) is -2.68. The highest BCUT2D eigenvalue weighted by molar-refractivity contribution is 5.91. The molecule has 4 rings (SSSR count). The zero-order valence-corrected chi connectivity index (χ0v) is 19.1. The highest BCUT2D eigenvalue weighted by Crippen LogP contribution is 2.32. The van der Waals surface area contributed by atoms with E-state index in [4.69, 9.17) is 4.74 Å². The molecule has 35 heavy (non-hydrogen) atoms. The average molecular weight is 483 g/mol. The Morgan fingerprint density at radius 3 is 2.40 bits per heavy atom. The second-order valence-corrected chi connectivity index (χ2v) is 8.32. The number of aromatic nitrogens is 1. The van der Waals surface area contributed by atoms with Gasteiger partial charge in [-0.2, -0.15) is 13.2 Å². The van der Waals surface area contributed by atoms with Crippen molar-refractivity contribution >= 4 is 16.9 Å². The van der Waals surface area contributed by atoms with E-state index in [0.717, 1.165) is 34.2 Å². The second-order valence-electron chi connectivity index (χ2n) is 8.32. The largest absolute Gasteiger partial charge is 0.497 e. The van der Waals surface area contributed by atoms with Crippen LogP contribution in [0.1, 0.15) is 27.8 Å². The third kappa shape index (κ3) is 5.84. The first-order valence-electron chi connectivity index (χ1n) is 11.1. The van der Waals surface area contributed by atoms with Crippen LogP contribution in [0.15, 0.2) is 72.9 Å². The van der Waals surface area contributed by atoms with E-state index >= 15 is 0 Å². The van der Waals surface area contributed by atoms with Crippen molar-refractivity contribution in [3.8, 4) is 5.75 Å². The molecular formula is C27H25F3N2O3. The first-order chi connectivity index (χ1) is 16.7. The fourth-order valence-electron chi connectivity index (χ4n) is 4.23. The van der Waals surface area contributed by atoms with Crippen LogP contribution in [0.5, 0.6) is 5.75 Å². The summed E-state index contributed by atoms with van der Waals surface area (Å²) in [5.41, 5.74) is 3.29. The molecule has 0 aliphatic heterocycles. The summed E-state index contributed by atoms with van der Waals surface area (Å²) < 4.78 is 46.6. The Kier molecular flexibility index (Phi) is 7.12. The van der Waals surface area contributed by atoms with Crippen molar-refractivity contribution in [2.24, 2.45) is 0 Å². The number of aliphatic carboxylic acids is 1. The van der Waals surface area contributed by atoms with Gasteiger partial charge in [-0.25, -0.2) is 0 Å². The van der Waals surface area contributed by atoms with E-state index in [1.807, 2.05) is 53.2 Å². The molecule has 4 aromatic rings. The normalized spacial score (nSPS) is 11.7. The van der Waals surface area contributed by atoms with Crippen LogP contribution in [-0.4, -0.2) is 22.8 Å². The maximum absolute atomic E-state index is 13.1. The maximum Gasteiger partial charge on any atom is 0.416 e. The summed E-state index contributed by atoms with van der Waals surface area (Å²) >= 11 is 0. The standard InChI is InChI=1S/C27H25F3N2O3/c1-35-23-11-20(15-31-14-19-8-5-9-22(10-19)27(28,29)30)26-24(13-23)21(12-25(33)34)17-32(26)16-18-6-3-2-4-7-18/h2-11,13,17,31H,12,14-16H2,1H3,(H,33,34). The van der Waals surface area contributed by atoms with Gasteiger partial charge < -0.3 is 19.7 Å². The minimum Gasteiger partial charge on any atom is -0.497 e. The van der Waals surface area contributed by atoms with E-state index in [1.54, 1.807) is 13.2 Å². The number of nitrogens with zero attached hydrogens (tertiary/aromatic N) is 1. The molecule has 8 heteroatoms. The number of alkyl halides is 3. The topological polar surface area (TPSA) is 63.5 Å². The van der Waals surface area contributed by atoms with Gasteiger partial charge in [-0.1, -0.05) is 48.5 Å². The quantitative estimate of drug-likeness (QED) is 0.324. The summed E-state index contributed by atoms with van der Waals surface area (Å²) in [5, 5.41) is 13.4. The molecule has 1 heterocycles. The van der Waals surface area contributed by atoms with Crippen LogP contribution >= 0.6 is 0 Å². The Labute approximate surface area is 200 Å². The number of hydrogen-bond donors (Lipinski definition) is 2. The van der Waals surface area contributed by atoms with E-state index in [2.05, 4.69) is 5.32 Å². The number of ether oxygens (including phenoxy) is 1. The summed E-state index contributed by atoms with van der Waals surface area (Å²) in [5.74, 6) is -0.353. The van der Waals surface area contributed by atoms with Gasteiger partial charge in [-0.3, -0.25) is 4.79 Å². The number of rotatable bonds is 9. The molecule has 0 aliphatic rings. The van der Waals surface area contributed by atoms with Crippen LogP contribution in [0.25, 0.3) is 10.9 Å². The summed E-state index contributed by atoms with van der Waals surface area (Å²) in [7, 11) is 1.54. The van der Waals surface area contributed by atoms with Crippen molar-refractivity contribution in [3.63, 3.8) is 0 Å². The molecular weight excluding hydrogens is 457 g/mol. The Balaban J connectivity index is 1.68. The number of carbonyl (C=O) groups is 1. The van der Waals surface area contributed by atoms with Gasteiger partial charge in [0, 0.05) is 31.2 Å². The lowest BCUT2D eigenvalue weighted by Crippen LogP contribution is -2.15. The third-order valence-electron chi connectivity index (χ3n) is 5.78. The highest BCUT2D eigenvalue weighted by atomic mass is 19.4. The molecule has 0 atom stereocenters. The van der Waals surface area contributed by atoms with Gasteiger partial charge in [0.1, 0.15) is 5.75 Å². The number of carboxylic acids is 1. The second kappa shape index (κ2) is 10.2. The Morgan fingerprint density at radius 1 is 0.971 bits per heavy atom. The van der Waals surface area contributed by atoms with Crippen LogP contribution < -0.4 is 10.1 Å². The molecule has 0 saturated carbocycles. The van der Waals surface area contributed by atoms with E-state index < -0.39 is 17.7 Å². The van der Waals surface area contributed by atoms with Gasteiger partial charge in [-0.15, -0.1) is 0 Å². The first-order valence-corrected chi connectivity index (χ1v) is 11.1. The monoisotopic (exact) mass is 482 g/mol. The lowest BCUT2D eigenvalue weighted by atomic mass is 10.1. The Morgan fingerprint density at radius 2 is 1.71 bits per heavy atom. The van der Waals surface area contributed by atoms with E-state index in [1.165, 1.54) is 6.07 Å². The average Bonchev–Trinajstić information content (AvgIpc) is 3.15. The van der Waals surface area contributed by atoms with Gasteiger partial charge >= 0.3 is 12.1 Å². The number of carboxylic acid groups (broad SMARTS) is 1. The van der Waals surface area contributed by atoms with Crippen LogP contribution in [0.3, 0.4) is 0 Å². The summed E-state index contributed by atoms with van der Waals surface area (Å²) in [6.45, 7) is 1.14. The van der Waals surface area contributed by atoms with Crippen LogP contribution in [-0.2, 0) is 37.0 Å². The van der Waals surface area contributed by atoms with Crippen LogP contribution in [0.2, 0.25) is 0 Å². The van der Waals surface area contributed by atoms with E-state index in [9.17, 15) is 23.1 Å². The predicted molar refractivity (Wildman–Crippen MR) is 127 cm³/mol. The summed E-state index contributed by atoms with van der Waals surface area (Å²) in [6, 6.07) is 18.7. The molecule has 0 radical (unpaired) electrons. The lowest BCUT2D eigenvalue weighted by Gasteiger charge is -2.14. The maximum atomic E-state index is 13.1. The molecule has 0 aliphatic carbocycles. The fourth-order valence-corrected chi connectivity index (χ4v) is 4.23. The van der Waals surface area contributed by atoms with Crippen molar-refractivity contribution < 1.29 is 27.8 Å². The van der Waals surface area contributed by atoms with Gasteiger partial charge in [0.05, 0.1) is 24.6 Å². The molecule has 0 bridgehead atoms. The summed E-state index contributed by atoms with van der Waals surface area (Å²) in [4.78, 5) is 11.5. The van der Waals surface area contributed by atoms with Crippen molar-refractivity contribution in [2.75, 3.05) is 7.11 Å². The van der Waals surface area contributed by atoms with Gasteiger partial charge in [-0.05, 0) is 40.5 Å². The minimum absolute atomic E-state index is 0.136. The van der Waals surface area contributed by atoms with E-state index in [0.29, 0.717) is 30.0 Å². The molecule has 3 aromatic carbocycles. The van der Waals surface area contributed by atoms with Crippen molar-refractivity contribution in [1.29, 1.82) is 0 Å². The van der Waals surface area contributed by atoms with Crippen molar-refractivity contribution in [3.05, 3.63) is 101 Å². The Bertz CT molecular complexity index is 1330. The van der Waals surface area contributed by atoms with Gasteiger partial charge in [0.15, 0.2) is 0 Å². The van der Waals surface area contributed by atoms with Gasteiger partial charge in [0.25, 0.3) is 0 Å². The SMILES string of the molecule is COc1cc(CNCc2cccc(C(F)(F)F)c2)c2c(c1)c(CC(=O)O)cn2Cc1ccccc1. The fraction of sp³-hybridized carbons (Fsp3) is 0.222. The number of hydrogen-bond acceptors (Lipinski definition) is 3. The smallest absolute Gasteiger partial charge is 0.416 e. The highest BCUT2D eigenvalue weighted by Gasteiger charge is 2.30. The molecule has 182 valence electrons. The van der Waals surface area contributed by atoms with Crippen LogP contribution in [0.4, 0.5) is 13.2 Å². The third-order valence-corrected chi connectivity index (χ3v) is 5.78. The lowest BCUT2D eigenvalue weighted by molar-refractivity contribution is -0.138. The predicted octanol–water partition coefficient (Wildman–Crippen LogP) is 5.63. The molecule has 0 amide bonds. The van der Waals surface area contributed by atoms with Crippen molar-refractivity contribution in [2.45, 2.75) is 32.2 Å². The Hall–Kier alpha value is -3.78. The van der Waals surface area contributed by atoms with Gasteiger partial charge in [0.2, 0.25) is 0 Å². The number of benzene rings is 3. The zero-order chi connectivity index (χ0) is 25.0. The first kappa shape index (κ1) is 24.3. The van der Waals surface area contributed by atoms with Crippen molar-refractivity contribution in [1.82, 2.24) is 9.88 Å². The molecule has 5 nitrogen and oxygen atoms in total. The molecule has 0 unspecified atom stereocenters. The molecule has 1 aromatic heterocycles. The number of methoxy groups -OCH3 is 1. The number of nitrogens with one attached hydrogen (secondary N) is 1. The number of fused-ring (bicyclic) bond motifs is 1.